The van der Waals surface area contributed by atoms with Crippen LogP contribution in [0, 0.1) is 0 Å². The molecule has 1 rings (SSSR count). The average molecular weight is 153 g/mol. The van der Waals surface area contributed by atoms with Crippen molar-refractivity contribution >= 4 is 0 Å². The van der Waals surface area contributed by atoms with Gasteiger partial charge in [0.1, 0.15) is 5.76 Å². The second-order valence-electron chi connectivity index (χ2n) is 2.62. The number of likely N-dealkylation sites (N-methyl/N-ethyl adjacent to an activating group) is 1. The average Bonchev–Trinajstić information content (AvgIpc) is 2.06. The van der Waals surface area contributed by atoms with Crippen molar-refractivity contribution < 1.29 is 4.74 Å². The molecule has 2 heteroatoms. The smallest absolute Gasteiger partial charge is 0.100 e. The van der Waals surface area contributed by atoms with Crippen LogP contribution in [-0.2, 0) is 4.74 Å². The van der Waals surface area contributed by atoms with E-state index >= 15 is 0 Å². The summed E-state index contributed by atoms with van der Waals surface area (Å²) >= 11 is 0. The molecule has 0 unspecified atom stereocenters. The van der Waals surface area contributed by atoms with Crippen LogP contribution >= 0.6 is 0 Å². The molecule has 0 atom stereocenters. The summed E-state index contributed by atoms with van der Waals surface area (Å²) in [5.41, 5.74) is 1.28. The molecule has 1 aliphatic carbocycles. The second-order valence-corrected chi connectivity index (χ2v) is 2.62. The first-order chi connectivity index (χ1) is 5.38. The topological polar surface area (TPSA) is 21.3 Å². The highest BCUT2D eigenvalue weighted by atomic mass is 16.5. The number of ether oxygens (including phenoxy) is 1. The summed E-state index contributed by atoms with van der Waals surface area (Å²) in [4.78, 5) is 0. The molecule has 1 aliphatic rings. The predicted molar refractivity (Wildman–Crippen MR) is 46.3 cm³/mol. The van der Waals surface area contributed by atoms with E-state index in [4.69, 9.17) is 4.74 Å². The molecule has 0 fully saturated rings. The van der Waals surface area contributed by atoms with Gasteiger partial charge in [-0.05, 0) is 13.5 Å². The van der Waals surface area contributed by atoms with E-state index in [1.54, 1.807) is 7.11 Å². The summed E-state index contributed by atoms with van der Waals surface area (Å²) in [5.74, 6) is 1.13. The second kappa shape index (κ2) is 4.19. The van der Waals surface area contributed by atoms with Gasteiger partial charge in [0.25, 0.3) is 0 Å². The lowest BCUT2D eigenvalue weighted by molar-refractivity contribution is 0.271. The van der Waals surface area contributed by atoms with Gasteiger partial charge in [-0.2, -0.15) is 0 Å². The highest BCUT2D eigenvalue weighted by molar-refractivity contribution is 5.27. The molecule has 0 aliphatic heterocycles. The molecule has 0 aromatic heterocycles. The van der Waals surface area contributed by atoms with E-state index in [2.05, 4.69) is 17.5 Å². The lowest BCUT2D eigenvalue weighted by Crippen LogP contribution is -2.13. The zero-order valence-corrected chi connectivity index (χ0v) is 7.18. The van der Waals surface area contributed by atoms with Gasteiger partial charge in [-0.15, -0.1) is 0 Å². The van der Waals surface area contributed by atoms with E-state index in [-0.39, 0.29) is 0 Å². The SMILES string of the molecule is CNCC1=C(OC)CCC=C1. The lowest BCUT2D eigenvalue weighted by atomic mass is 10.1. The molecule has 0 spiro atoms. The molecule has 2 nitrogen and oxygen atoms in total. The maximum absolute atomic E-state index is 5.24. The minimum atomic E-state index is 0.902. The van der Waals surface area contributed by atoms with Crippen LogP contribution in [0.1, 0.15) is 12.8 Å². The first-order valence-corrected chi connectivity index (χ1v) is 3.95. The molecule has 62 valence electrons. The van der Waals surface area contributed by atoms with Crippen molar-refractivity contribution in [3.8, 4) is 0 Å². The normalized spacial score (nSPS) is 17.3. The number of methoxy groups -OCH3 is 1. The minimum Gasteiger partial charge on any atom is -0.501 e. The minimum absolute atomic E-state index is 0.902. The Morgan fingerprint density at radius 3 is 3.09 bits per heavy atom. The van der Waals surface area contributed by atoms with E-state index in [9.17, 15) is 0 Å². The maximum atomic E-state index is 5.24. The zero-order valence-electron chi connectivity index (χ0n) is 7.18. The van der Waals surface area contributed by atoms with E-state index in [1.807, 2.05) is 7.05 Å². The molecule has 0 amide bonds. The monoisotopic (exact) mass is 153 g/mol. The number of nitrogens with one attached hydrogen (secondary N) is 1. The van der Waals surface area contributed by atoms with E-state index in [0.717, 1.165) is 25.1 Å². The highest BCUT2D eigenvalue weighted by Gasteiger charge is 2.06. The Labute approximate surface area is 67.9 Å². The van der Waals surface area contributed by atoms with Crippen LogP contribution in [0.4, 0.5) is 0 Å². The fraction of sp³-hybridized carbons (Fsp3) is 0.556. The van der Waals surface area contributed by atoms with Crippen molar-refractivity contribution in [3.63, 3.8) is 0 Å². The maximum Gasteiger partial charge on any atom is 0.100 e. The summed E-state index contributed by atoms with van der Waals surface area (Å²) in [7, 11) is 3.69. The summed E-state index contributed by atoms with van der Waals surface area (Å²) in [5, 5.41) is 3.11. The molecular weight excluding hydrogens is 138 g/mol. The Hall–Kier alpha value is -0.760. The first kappa shape index (κ1) is 8.34. The Bertz CT molecular complexity index is 182. The van der Waals surface area contributed by atoms with Crippen LogP contribution in [0.3, 0.4) is 0 Å². The summed E-state index contributed by atoms with van der Waals surface area (Å²) in [6.45, 7) is 0.902. The van der Waals surface area contributed by atoms with Crippen LogP contribution in [0.15, 0.2) is 23.5 Å². The van der Waals surface area contributed by atoms with Crippen molar-refractivity contribution in [2.24, 2.45) is 0 Å². The predicted octanol–water partition coefficient (Wildman–Crippen LogP) is 1.46. The quantitative estimate of drug-likeness (QED) is 0.662. The molecule has 1 N–H and O–H groups in total. The molecule has 0 bridgehead atoms. The number of allylic oxidation sites excluding steroid dienone is 2. The Morgan fingerprint density at radius 2 is 2.45 bits per heavy atom. The van der Waals surface area contributed by atoms with Crippen LogP contribution in [-0.4, -0.2) is 20.7 Å². The third kappa shape index (κ3) is 2.09. The molecule has 0 aromatic rings. The van der Waals surface area contributed by atoms with E-state index < -0.39 is 0 Å². The van der Waals surface area contributed by atoms with Crippen LogP contribution in [0.2, 0.25) is 0 Å². The van der Waals surface area contributed by atoms with Crippen molar-refractivity contribution in [3.05, 3.63) is 23.5 Å². The molecule has 0 aromatic carbocycles. The van der Waals surface area contributed by atoms with Gasteiger partial charge in [-0.25, -0.2) is 0 Å². The van der Waals surface area contributed by atoms with Crippen molar-refractivity contribution in [1.29, 1.82) is 0 Å². The van der Waals surface area contributed by atoms with Gasteiger partial charge < -0.3 is 10.1 Å². The van der Waals surface area contributed by atoms with Gasteiger partial charge in [-0.3, -0.25) is 0 Å². The van der Waals surface area contributed by atoms with Gasteiger partial charge in [-0.1, -0.05) is 12.2 Å². The van der Waals surface area contributed by atoms with Crippen molar-refractivity contribution in [2.75, 3.05) is 20.7 Å². The van der Waals surface area contributed by atoms with Gasteiger partial charge >= 0.3 is 0 Å². The highest BCUT2D eigenvalue weighted by Crippen LogP contribution is 2.18. The molecule has 0 heterocycles. The summed E-state index contributed by atoms with van der Waals surface area (Å²) in [6, 6.07) is 0. The standard InChI is InChI=1S/C9H15NO/c1-10-7-8-5-3-4-6-9(8)11-2/h3,5,10H,4,6-7H2,1-2H3. The number of hydrogen-bond acceptors (Lipinski definition) is 2. The van der Waals surface area contributed by atoms with Crippen LogP contribution < -0.4 is 5.32 Å². The van der Waals surface area contributed by atoms with Crippen LogP contribution in [0.25, 0.3) is 0 Å². The van der Waals surface area contributed by atoms with Gasteiger partial charge in [0.2, 0.25) is 0 Å². The number of rotatable bonds is 3. The van der Waals surface area contributed by atoms with Crippen molar-refractivity contribution in [2.45, 2.75) is 12.8 Å². The molecular formula is C9H15NO. The molecule has 0 radical (unpaired) electrons. The van der Waals surface area contributed by atoms with Gasteiger partial charge in [0.15, 0.2) is 0 Å². The molecule has 0 saturated carbocycles. The Balaban J connectivity index is 2.66. The fourth-order valence-electron chi connectivity index (χ4n) is 1.27. The van der Waals surface area contributed by atoms with Crippen molar-refractivity contribution in [1.82, 2.24) is 5.32 Å². The lowest BCUT2D eigenvalue weighted by Gasteiger charge is -2.13. The zero-order chi connectivity index (χ0) is 8.10. The van der Waals surface area contributed by atoms with E-state index in [1.165, 1.54) is 5.57 Å². The van der Waals surface area contributed by atoms with E-state index in [0.29, 0.717) is 0 Å². The fourth-order valence-corrected chi connectivity index (χ4v) is 1.27. The number of hydrogen-bond donors (Lipinski definition) is 1. The van der Waals surface area contributed by atoms with Gasteiger partial charge in [0, 0.05) is 18.5 Å². The molecule has 11 heavy (non-hydrogen) atoms. The third-order valence-corrected chi connectivity index (χ3v) is 1.83. The largest absolute Gasteiger partial charge is 0.501 e. The summed E-state index contributed by atoms with van der Waals surface area (Å²) < 4.78 is 5.24. The van der Waals surface area contributed by atoms with Crippen LogP contribution in [0.5, 0.6) is 0 Å². The summed E-state index contributed by atoms with van der Waals surface area (Å²) in [6.07, 6.45) is 6.48. The molecule has 0 saturated heterocycles. The Morgan fingerprint density at radius 1 is 1.64 bits per heavy atom. The Kier molecular flexibility index (Phi) is 3.17. The third-order valence-electron chi connectivity index (χ3n) is 1.83. The first-order valence-electron chi connectivity index (χ1n) is 3.95. The van der Waals surface area contributed by atoms with Gasteiger partial charge in [0.05, 0.1) is 7.11 Å².